The van der Waals surface area contributed by atoms with E-state index in [-0.39, 0.29) is 13.6 Å². The van der Waals surface area contributed by atoms with Crippen LogP contribution in [0.1, 0.15) is 84.8 Å². The highest BCUT2D eigenvalue weighted by molar-refractivity contribution is 5.69. The van der Waals surface area contributed by atoms with Crippen LogP contribution in [-0.2, 0) is 16.0 Å². The van der Waals surface area contributed by atoms with Gasteiger partial charge in [-0.25, -0.2) is 0 Å². The van der Waals surface area contributed by atoms with Gasteiger partial charge < -0.3 is 30.7 Å². The van der Waals surface area contributed by atoms with Crippen LogP contribution in [-0.4, -0.2) is 48.4 Å². The van der Waals surface area contributed by atoms with Crippen molar-refractivity contribution in [2.75, 3.05) is 20.3 Å². The van der Waals surface area contributed by atoms with Crippen molar-refractivity contribution in [3.05, 3.63) is 46.1 Å². The molecule has 1 unspecified atom stereocenters. The molecule has 2 aromatic rings. The highest BCUT2D eigenvalue weighted by Gasteiger charge is 2.32. The Hall–Kier alpha value is -2.25. The fourth-order valence-electron chi connectivity index (χ4n) is 6.06. The van der Waals surface area contributed by atoms with Gasteiger partial charge in [-0.3, -0.25) is 0 Å². The molecule has 1 atom stereocenters. The van der Waals surface area contributed by atoms with E-state index < -0.39 is 0 Å². The highest BCUT2D eigenvalue weighted by atomic mass is 16.5. The summed E-state index contributed by atoms with van der Waals surface area (Å²) in [5.74, 6) is 1.53. The Bertz CT molecular complexity index is 1150. The van der Waals surface area contributed by atoms with Crippen molar-refractivity contribution in [3.63, 3.8) is 0 Å². The number of carbonyl (C=O) groups is 1. The molecule has 2 fully saturated rings. The average Bonchev–Trinajstić information content (AvgIpc) is 3.22. The van der Waals surface area contributed by atoms with Crippen LogP contribution in [0.25, 0.3) is 23.3 Å². The quantitative estimate of drug-likeness (QED) is 0.479. The van der Waals surface area contributed by atoms with Crippen LogP contribution >= 0.6 is 0 Å². The molecule has 5 N–H and O–H groups in total. The zero-order chi connectivity index (χ0) is 29.2. The fraction of sp³-hybridized carbons (Fsp3) is 0.606. The Morgan fingerprint density at radius 2 is 1.79 bits per heavy atom. The van der Waals surface area contributed by atoms with Gasteiger partial charge in [0.15, 0.2) is 0 Å². The van der Waals surface area contributed by atoms with Gasteiger partial charge in [-0.2, -0.15) is 0 Å². The number of aryl methyl sites for hydroxylation is 1. The lowest BCUT2D eigenvalue weighted by atomic mass is 9.78. The fourth-order valence-corrected chi connectivity index (χ4v) is 6.06. The minimum Gasteiger partial charge on any atom is -0.397 e. The zero-order valence-corrected chi connectivity index (χ0v) is 25.2. The van der Waals surface area contributed by atoms with Crippen molar-refractivity contribution >= 4 is 18.9 Å². The molecule has 1 aromatic heterocycles. The van der Waals surface area contributed by atoms with Crippen molar-refractivity contribution in [1.82, 2.24) is 4.57 Å². The summed E-state index contributed by atoms with van der Waals surface area (Å²) in [5, 5.41) is 10.3. The molecule has 0 aliphatic heterocycles. The van der Waals surface area contributed by atoms with Gasteiger partial charge in [0.05, 0.1) is 6.10 Å². The Labute approximate surface area is 237 Å². The topological polar surface area (TPSA) is 104 Å². The zero-order valence-electron chi connectivity index (χ0n) is 25.2. The van der Waals surface area contributed by atoms with Gasteiger partial charge in [-0.05, 0) is 95.2 Å². The molecule has 39 heavy (non-hydrogen) atoms. The van der Waals surface area contributed by atoms with Crippen molar-refractivity contribution in [1.29, 1.82) is 0 Å². The van der Waals surface area contributed by atoms with Crippen LogP contribution in [0.2, 0.25) is 0 Å². The van der Waals surface area contributed by atoms with Crippen molar-refractivity contribution in [2.45, 2.75) is 97.2 Å². The summed E-state index contributed by atoms with van der Waals surface area (Å²) >= 11 is 0. The molecule has 6 heteroatoms. The summed E-state index contributed by atoms with van der Waals surface area (Å²) in [5.41, 5.74) is 17.5. The van der Waals surface area contributed by atoms with Crippen LogP contribution in [0.15, 0.2) is 24.4 Å². The second kappa shape index (κ2) is 15.5. The molecule has 220 valence electrons. The van der Waals surface area contributed by atoms with Gasteiger partial charge >= 0.3 is 0 Å². The predicted molar refractivity (Wildman–Crippen MR) is 166 cm³/mol. The number of methoxy groups -OCH3 is 1. The lowest BCUT2D eigenvalue weighted by molar-refractivity contribution is -0.0980. The van der Waals surface area contributed by atoms with Crippen LogP contribution < -0.4 is 22.0 Å². The van der Waals surface area contributed by atoms with E-state index in [9.17, 15) is 0 Å². The summed E-state index contributed by atoms with van der Waals surface area (Å²) in [6.45, 7) is 13.1. The molecule has 1 heterocycles. The molecular weight excluding hydrogens is 486 g/mol. The number of carbonyl (C=O) groups excluding carboxylic acids is 1. The SMILES string of the molecule is C=O.CC.CCO.COC1CC(Cc2cc(C)cc(-c3cn(C4CC(CCN)C4)c4c3=CC(C)(N)CC=4)c2)C1.[HH]. The van der Waals surface area contributed by atoms with E-state index in [4.69, 9.17) is 26.1 Å². The van der Waals surface area contributed by atoms with E-state index >= 15 is 0 Å². The Morgan fingerprint density at radius 1 is 1.15 bits per heavy atom. The van der Waals surface area contributed by atoms with Crippen molar-refractivity contribution < 1.29 is 16.1 Å². The first-order valence-electron chi connectivity index (χ1n) is 14.7. The maximum Gasteiger partial charge on any atom is 0.106 e. The standard InChI is InChI=1S/C28H39N3O.C2H6O.C2H6.CH2O.H2/c1-18-8-20(10-21-14-24(15-21)32-3)11-22(9-18)26-17-31(23-12-19(13-23)5-7-29)27-4-6-28(2,30)16-25(26)27;1-2-3;2*1-2;/h4,8-9,11,16-17,19,21,23-24H,5-7,10,12-15,29-30H2,1-3H3;3H,2H2,1H3;1-2H3;1H2;1H. The van der Waals surface area contributed by atoms with E-state index in [1.807, 2.05) is 27.7 Å². The summed E-state index contributed by atoms with van der Waals surface area (Å²) < 4.78 is 8.03. The molecule has 3 aliphatic carbocycles. The molecule has 1 aromatic carbocycles. The third-order valence-corrected chi connectivity index (χ3v) is 8.00. The average molecular weight is 542 g/mol. The van der Waals surface area contributed by atoms with Gasteiger partial charge in [0.2, 0.25) is 0 Å². The van der Waals surface area contributed by atoms with Gasteiger partial charge in [0.1, 0.15) is 6.79 Å². The lowest BCUT2D eigenvalue weighted by Gasteiger charge is -2.37. The van der Waals surface area contributed by atoms with E-state index in [1.165, 1.54) is 58.5 Å². The molecule has 5 rings (SSSR count). The molecule has 3 aliphatic rings. The van der Waals surface area contributed by atoms with E-state index in [0.717, 1.165) is 37.6 Å². The summed E-state index contributed by atoms with van der Waals surface area (Å²) in [6.07, 6.45) is 15.6. The third kappa shape index (κ3) is 8.37. The van der Waals surface area contributed by atoms with Gasteiger partial charge in [0.25, 0.3) is 0 Å². The Balaban J connectivity index is 0.000000921. The highest BCUT2D eigenvalue weighted by Crippen LogP contribution is 2.39. The maximum absolute atomic E-state index is 8.00. The smallest absolute Gasteiger partial charge is 0.106 e. The number of aliphatic hydroxyl groups is 1. The second-order valence-corrected chi connectivity index (χ2v) is 11.3. The molecule has 0 amide bonds. The Morgan fingerprint density at radius 3 is 2.38 bits per heavy atom. The normalized spacial score (nSPS) is 26.3. The minimum absolute atomic E-state index is 0. The Kier molecular flexibility index (Phi) is 13.1. The summed E-state index contributed by atoms with van der Waals surface area (Å²) in [6, 6.07) is 7.71. The molecular formula is C33H55N3O3. The van der Waals surface area contributed by atoms with Crippen LogP contribution in [0.3, 0.4) is 0 Å². The first-order chi connectivity index (χ1) is 18.8. The number of ether oxygens (including phenoxy) is 1. The molecule has 2 saturated carbocycles. The predicted octanol–water partition coefficient (Wildman–Crippen LogP) is 4.50. The number of aromatic nitrogens is 1. The van der Waals surface area contributed by atoms with Gasteiger partial charge in [0, 0.05) is 49.1 Å². The van der Waals surface area contributed by atoms with Crippen molar-refractivity contribution in [2.24, 2.45) is 23.3 Å². The van der Waals surface area contributed by atoms with Crippen LogP contribution in [0.4, 0.5) is 0 Å². The third-order valence-electron chi connectivity index (χ3n) is 8.00. The number of aliphatic hydroxyl groups excluding tert-OH is 1. The number of rotatable bonds is 7. The molecule has 6 nitrogen and oxygen atoms in total. The number of benzene rings is 1. The maximum atomic E-state index is 8.00. The van der Waals surface area contributed by atoms with E-state index in [1.54, 1.807) is 6.92 Å². The monoisotopic (exact) mass is 541 g/mol. The van der Waals surface area contributed by atoms with Gasteiger partial charge in [-0.15, -0.1) is 0 Å². The van der Waals surface area contributed by atoms with E-state index in [0.29, 0.717) is 12.1 Å². The van der Waals surface area contributed by atoms with Crippen LogP contribution in [0, 0.1) is 18.8 Å². The molecule has 0 saturated heterocycles. The first-order valence-corrected chi connectivity index (χ1v) is 14.7. The van der Waals surface area contributed by atoms with E-state index in [2.05, 4.69) is 55.0 Å². The lowest BCUT2D eigenvalue weighted by Crippen LogP contribution is -2.45. The summed E-state index contributed by atoms with van der Waals surface area (Å²) in [7, 11) is 1.83. The first kappa shape index (κ1) is 33.0. The minimum atomic E-state index is -0.288. The van der Waals surface area contributed by atoms with Gasteiger partial charge in [-0.1, -0.05) is 49.8 Å². The second-order valence-electron chi connectivity index (χ2n) is 11.3. The van der Waals surface area contributed by atoms with Crippen LogP contribution in [0.5, 0.6) is 0 Å². The number of fused-ring (bicyclic) bond motifs is 1. The number of nitrogens with two attached hydrogens (primary N) is 2. The number of nitrogens with zero attached hydrogens (tertiary/aromatic N) is 1. The molecule has 0 bridgehead atoms. The molecule has 0 spiro atoms. The summed E-state index contributed by atoms with van der Waals surface area (Å²) in [4.78, 5) is 8.00. The number of hydrogen-bond acceptors (Lipinski definition) is 5. The number of hydrogen-bond donors (Lipinski definition) is 3. The molecule has 0 radical (unpaired) electrons. The largest absolute Gasteiger partial charge is 0.397 e. The van der Waals surface area contributed by atoms with Crippen molar-refractivity contribution in [3.8, 4) is 11.1 Å².